The van der Waals surface area contributed by atoms with Crippen molar-refractivity contribution in [3.05, 3.63) is 10.9 Å². The summed E-state index contributed by atoms with van der Waals surface area (Å²) in [6.07, 6.45) is 2.00. The smallest absolute Gasteiger partial charge is 0.316 e. The van der Waals surface area contributed by atoms with Gasteiger partial charge in [-0.1, -0.05) is 18.7 Å². The lowest BCUT2D eigenvalue weighted by atomic mass is 10.2. The van der Waals surface area contributed by atoms with Crippen molar-refractivity contribution < 1.29 is 23.9 Å². The highest BCUT2D eigenvalue weighted by molar-refractivity contribution is 7.99. The first-order valence-corrected chi connectivity index (χ1v) is 12.3. The Morgan fingerprint density at radius 3 is 2.44 bits per heavy atom. The minimum absolute atomic E-state index is 0.0551. The van der Waals surface area contributed by atoms with Crippen LogP contribution in [-0.4, -0.2) is 78.9 Å². The molecule has 1 amide bonds. The predicted molar refractivity (Wildman–Crippen MR) is 124 cm³/mol. The summed E-state index contributed by atoms with van der Waals surface area (Å²) in [4.78, 5) is 50.8. The van der Waals surface area contributed by atoms with Crippen LogP contribution < -0.4 is 4.90 Å². The van der Waals surface area contributed by atoms with Gasteiger partial charge in [-0.05, 0) is 18.9 Å². The Bertz CT molecular complexity index is 972. The van der Waals surface area contributed by atoms with E-state index in [-0.39, 0.29) is 30.0 Å². The van der Waals surface area contributed by atoms with Gasteiger partial charge in [-0.2, -0.15) is 0 Å². The van der Waals surface area contributed by atoms with E-state index in [1.165, 1.54) is 30.9 Å². The average Bonchev–Trinajstić information content (AvgIpc) is 3.25. The van der Waals surface area contributed by atoms with Crippen LogP contribution in [0, 0.1) is 0 Å². The molecular formula is C21H28N4O5S2. The van der Waals surface area contributed by atoms with Gasteiger partial charge in [0.05, 0.1) is 25.4 Å². The maximum Gasteiger partial charge on any atom is 0.316 e. The van der Waals surface area contributed by atoms with Gasteiger partial charge in [0.1, 0.15) is 10.6 Å². The minimum atomic E-state index is -0.319. The van der Waals surface area contributed by atoms with Crippen molar-refractivity contribution in [3.8, 4) is 0 Å². The Balaban J connectivity index is 1.69. The lowest BCUT2D eigenvalue weighted by molar-refractivity contribution is -0.141. The number of ether oxygens (including phenoxy) is 2. The molecule has 0 N–H and O–H groups in total. The van der Waals surface area contributed by atoms with E-state index in [2.05, 4.69) is 27.6 Å². The van der Waals surface area contributed by atoms with Crippen molar-refractivity contribution in [2.75, 3.05) is 51.1 Å². The van der Waals surface area contributed by atoms with Crippen molar-refractivity contribution >= 4 is 57.0 Å². The number of esters is 2. The van der Waals surface area contributed by atoms with Crippen molar-refractivity contribution in [1.82, 2.24) is 14.9 Å². The summed E-state index contributed by atoms with van der Waals surface area (Å²) in [6.45, 7) is 4.62. The number of methoxy groups -OCH3 is 2. The topological polar surface area (TPSA) is 102 Å². The van der Waals surface area contributed by atoms with E-state index >= 15 is 0 Å². The van der Waals surface area contributed by atoms with Crippen LogP contribution >= 0.6 is 23.1 Å². The molecule has 0 spiro atoms. The van der Waals surface area contributed by atoms with Gasteiger partial charge in [0.2, 0.25) is 5.91 Å². The molecule has 0 bridgehead atoms. The summed E-state index contributed by atoms with van der Waals surface area (Å²) in [5.74, 6) is 0.440. The monoisotopic (exact) mass is 480 g/mol. The van der Waals surface area contributed by atoms with Crippen molar-refractivity contribution in [2.45, 2.75) is 37.8 Å². The molecule has 9 nitrogen and oxygen atoms in total. The fraction of sp³-hybridized carbons (Fsp3) is 0.571. The molecule has 3 rings (SSSR count). The zero-order chi connectivity index (χ0) is 23.1. The zero-order valence-electron chi connectivity index (χ0n) is 18.6. The molecule has 1 fully saturated rings. The standard InChI is InChI=1S/C21H28N4O5S2/c1-4-14-12-15-19(22-21(23-20(15)32-14)31-13-18(28)30-3)25-10-8-24(9-11-25)16(26)6-5-7-17(27)29-2/h12H,4-11,13H2,1-3H3. The lowest BCUT2D eigenvalue weighted by Crippen LogP contribution is -2.49. The summed E-state index contributed by atoms with van der Waals surface area (Å²) in [5, 5.41) is 1.55. The molecule has 174 valence electrons. The fourth-order valence-corrected chi connectivity index (χ4v) is 5.10. The van der Waals surface area contributed by atoms with Crippen LogP contribution in [0.1, 0.15) is 31.1 Å². The molecule has 0 radical (unpaired) electrons. The van der Waals surface area contributed by atoms with Gasteiger partial charge in [0, 0.05) is 43.9 Å². The molecule has 1 aliphatic rings. The fourth-order valence-electron chi connectivity index (χ4n) is 3.41. The second kappa shape index (κ2) is 11.5. The molecule has 3 heterocycles. The number of carbonyl (C=O) groups is 3. The maximum atomic E-state index is 12.5. The summed E-state index contributed by atoms with van der Waals surface area (Å²) in [7, 11) is 2.71. The maximum absolute atomic E-state index is 12.5. The Kier molecular flexibility index (Phi) is 8.68. The average molecular weight is 481 g/mol. The van der Waals surface area contributed by atoms with Crippen LogP contribution in [0.15, 0.2) is 11.2 Å². The highest BCUT2D eigenvalue weighted by Gasteiger charge is 2.24. The third-order valence-electron chi connectivity index (χ3n) is 5.23. The molecule has 32 heavy (non-hydrogen) atoms. The van der Waals surface area contributed by atoms with E-state index in [4.69, 9.17) is 9.72 Å². The summed E-state index contributed by atoms with van der Waals surface area (Å²) < 4.78 is 9.35. The van der Waals surface area contributed by atoms with Gasteiger partial charge in [0.25, 0.3) is 0 Å². The summed E-state index contributed by atoms with van der Waals surface area (Å²) in [5.41, 5.74) is 0. The van der Waals surface area contributed by atoms with Crippen molar-refractivity contribution in [2.24, 2.45) is 0 Å². The molecule has 0 aliphatic carbocycles. The number of thioether (sulfide) groups is 1. The molecule has 11 heteroatoms. The number of nitrogens with zero attached hydrogens (tertiary/aromatic N) is 4. The van der Waals surface area contributed by atoms with E-state index in [0.29, 0.717) is 44.2 Å². The highest BCUT2D eigenvalue weighted by Crippen LogP contribution is 2.33. The second-order valence-corrected chi connectivity index (χ2v) is 9.33. The Hall–Kier alpha value is -2.40. The van der Waals surface area contributed by atoms with Gasteiger partial charge >= 0.3 is 11.9 Å². The van der Waals surface area contributed by atoms with Crippen molar-refractivity contribution in [3.63, 3.8) is 0 Å². The van der Waals surface area contributed by atoms with Crippen LogP contribution in [0.5, 0.6) is 0 Å². The van der Waals surface area contributed by atoms with Gasteiger partial charge in [-0.3, -0.25) is 14.4 Å². The Morgan fingerprint density at radius 1 is 1.06 bits per heavy atom. The highest BCUT2D eigenvalue weighted by atomic mass is 32.2. The van der Waals surface area contributed by atoms with Gasteiger partial charge in [0.15, 0.2) is 5.16 Å². The number of carbonyl (C=O) groups excluding carboxylic acids is 3. The number of aryl methyl sites for hydroxylation is 1. The quantitative estimate of drug-likeness (QED) is 0.304. The predicted octanol–water partition coefficient (Wildman–Crippen LogP) is 2.51. The number of hydrogen-bond acceptors (Lipinski definition) is 10. The minimum Gasteiger partial charge on any atom is -0.469 e. The number of anilines is 1. The first-order valence-electron chi connectivity index (χ1n) is 10.5. The number of hydrogen-bond donors (Lipinski definition) is 0. The number of fused-ring (bicyclic) bond motifs is 1. The van der Waals surface area contributed by atoms with Crippen molar-refractivity contribution in [1.29, 1.82) is 0 Å². The van der Waals surface area contributed by atoms with E-state index in [9.17, 15) is 14.4 Å². The molecule has 1 saturated heterocycles. The summed E-state index contributed by atoms with van der Waals surface area (Å²) in [6, 6.07) is 2.13. The van der Waals surface area contributed by atoms with Gasteiger partial charge in [-0.25, -0.2) is 9.97 Å². The molecule has 0 saturated carbocycles. The number of amides is 1. The first-order chi connectivity index (χ1) is 15.4. The SMILES string of the molecule is CCc1cc2c(N3CCN(C(=O)CCCC(=O)OC)CC3)nc(SCC(=O)OC)nc2s1. The lowest BCUT2D eigenvalue weighted by Gasteiger charge is -2.35. The van der Waals surface area contributed by atoms with E-state index in [1.54, 1.807) is 11.3 Å². The second-order valence-electron chi connectivity index (χ2n) is 7.28. The molecular weight excluding hydrogens is 452 g/mol. The molecule has 0 unspecified atom stereocenters. The number of piperazine rings is 1. The molecule has 1 aliphatic heterocycles. The molecule has 0 atom stereocenters. The molecule has 2 aromatic rings. The number of thiophene rings is 1. The van der Waals surface area contributed by atoms with Gasteiger partial charge < -0.3 is 19.3 Å². The largest absolute Gasteiger partial charge is 0.469 e. The van der Waals surface area contributed by atoms with Crippen LogP contribution in [0.4, 0.5) is 5.82 Å². The zero-order valence-corrected chi connectivity index (χ0v) is 20.2. The first kappa shape index (κ1) is 24.2. The van der Waals surface area contributed by atoms with Gasteiger partial charge in [-0.15, -0.1) is 11.3 Å². The van der Waals surface area contributed by atoms with Crippen LogP contribution in [0.25, 0.3) is 10.2 Å². The molecule has 0 aromatic carbocycles. The third-order valence-corrected chi connectivity index (χ3v) is 7.22. The van der Waals surface area contributed by atoms with E-state index < -0.39 is 0 Å². The van der Waals surface area contributed by atoms with E-state index in [0.717, 1.165) is 22.5 Å². The van der Waals surface area contributed by atoms with E-state index in [1.807, 2.05) is 4.90 Å². The third kappa shape index (κ3) is 6.10. The Labute approximate surface area is 195 Å². The summed E-state index contributed by atoms with van der Waals surface area (Å²) >= 11 is 2.90. The van der Waals surface area contributed by atoms with Crippen LogP contribution in [0.2, 0.25) is 0 Å². The molecule has 2 aromatic heterocycles. The normalized spacial score (nSPS) is 14.0. The van der Waals surface area contributed by atoms with Crippen LogP contribution in [0.3, 0.4) is 0 Å². The Morgan fingerprint density at radius 2 is 1.78 bits per heavy atom. The number of aromatic nitrogens is 2. The number of rotatable bonds is 9. The van der Waals surface area contributed by atoms with Crippen LogP contribution in [-0.2, 0) is 30.3 Å².